The molecule has 0 aliphatic heterocycles. The van der Waals surface area contributed by atoms with Gasteiger partial charge in [-0.25, -0.2) is 0 Å². The van der Waals surface area contributed by atoms with E-state index in [1.165, 1.54) is 14.0 Å². The second-order valence-corrected chi connectivity index (χ2v) is 4.54. The second kappa shape index (κ2) is 8.71. The first-order valence-corrected chi connectivity index (χ1v) is 6.94. The Bertz CT molecular complexity index is 568. The van der Waals surface area contributed by atoms with Crippen molar-refractivity contribution in [1.82, 2.24) is 10.6 Å². The van der Waals surface area contributed by atoms with Crippen molar-refractivity contribution in [3.05, 3.63) is 29.3 Å². The molecule has 0 spiro atoms. The van der Waals surface area contributed by atoms with Crippen LogP contribution in [0, 0.1) is 0 Å². The number of carbonyl (C=O) groups excluding carboxylic acids is 2. The Labute approximate surface area is 130 Å². The molecule has 2 N–H and O–H groups in total. The van der Waals surface area contributed by atoms with Crippen LogP contribution in [0.1, 0.15) is 29.8 Å². The van der Waals surface area contributed by atoms with E-state index in [1.54, 1.807) is 19.2 Å². The molecule has 0 aliphatic carbocycles. The third-order valence-electron chi connectivity index (χ3n) is 2.90. The maximum atomic E-state index is 12.2. The van der Waals surface area contributed by atoms with E-state index in [1.807, 2.05) is 19.1 Å². The van der Waals surface area contributed by atoms with Crippen LogP contribution in [-0.2, 0) is 4.79 Å². The molecule has 0 atom stereocenters. The summed E-state index contributed by atoms with van der Waals surface area (Å²) in [6, 6.07) is 3.36. The average Bonchev–Trinajstić information content (AvgIpc) is 2.50. The van der Waals surface area contributed by atoms with Crippen LogP contribution in [0.5, 0.6) is 11.5 Å². The van der Waals surface area contributed by atoms with Gasteiger partial charge in [0.25, 0.3) is 5.91 Å². The van der Waals surface area contributed by atoms with E-state index in [0.717, 1.165) is 5.56 Å². The van der Waals surface area contributed by atoms with E-state index in [0.29, 0.717) is 30.2 Å². The van der Waals surface area contributed by atoms with E-state index in [9.17, 15) is 9.59 Å². The first kappa shape index (κ1) is 17.6. The Hall–Kier alpha value is -2.50. The summed E-state index contributed by atoms with van der Waals surface area (Å²) in [5, 5.41) is 5.35. The number of ether oxygens (including phenoxy) is 2. The van der Waals surface area contributed by atoms with Gasteiger partial charge in [0, 0.05) is 31.1 Å². The summed E-state index contributed by atoms with van der Waals surface area (Å²) in [5.41, 5.74) is 1.23. The summed E-state index contributed by atoms with van der Waals surface area (Å²) in [6.45, 7) is 4.05. The first-order chi connectivity index (χ1) is 10.5. The van der Waals surface area contributed by atoms with Gasteiger partial charge in [-0.05, 0) is 19.1 Å². The molecule has 0 unspecified atom stereocenters. The summed E-state index contributed by atoms with van der Waals surface area (Å²) in [5.74, 6) is 0.702. The molecule has 120 valence electrons. The zero-order valence-corrected chi connectivity index (χ0v) is 13.4. The Kier molecular flexibility index (Phi) is 6.95. The zero-order chi connectivity index (χ0) is 16.5. The molecule has 0 bridgehead atoms. The van der Waals surface area contributed by atoms with Crippen molar-refractivity contribution >= 4 is 17.9 Å². The predicted molar refractivity (Wildman–Crippen MR) is 85.3 cm³/mol. The third kappa shape index (κ3) is 4.80. The molecule has 0 aromatic heterocycles. The highest BCUT2D eigenvalue weighted by Crippen LogP contribution is 2.33. The van der Waals surface area contributed by atoms with Gasteiger partial charge in [-0.1, -0.05) is 12.2 Å². The van der Waals surface area contributed by atoms with E-state index in [-0.39, 0.29) is 11.8 Å². The standard InChI is InChI=1S/C16H22N2O4/c1-5-6-12-9-13(10-14(21-3)15(12)22-4)16(20)18-8-7-17-11(2)19/h5-6,9-10H,7-8H2,1-4H3,(H,17,19)(H,18,20). The molecule has 1 aromatic rings. The van der Waals surface area contributed by atoms with E-state index >= 15 is 0 Å². The molecule has 6 nitrogen and oxygen atoms in total. The van der Waals surface area contributed by atoms with Gasteiger partial charge in [0.2, 0.25) is 5.91 Å². The van der Waals surface area contributed by atoms with E-state index in [4.69, 9.17) is 9.47 Å². The Balaban J connectivity index is 2.91. The maximum Gasteiger partial charge on any atom is 0.251 e. The van der Waals surface area contributed by atoms with Crippen molar-refractivity contribution in [3.63, 3.8) is 0 Å². The van der Waals surface area contributed by atoms with Crippen molar-refractivity contribution < 1.29 is 19.1 Å². The molecule has 0 radical (unpaired) electrons. The molecule has 6 heteroatoms. The second-order valence-electron chi connectivity index (χ2n) is 4.54. The molecule has 0 fully saturated rings. The summed E-state index contributed by atoms with van der Waals surface area (Å²) in [4.78, 5) is 22.9. The molecule has 22 heavy (non-hydrogen) atoms. The fourth-order valence-corrected chi connectivity index (χ4v) is 1.94. The van der Waals surface area contributed by atoms with Crippen LogP contribution in [0.15, 0.2) is 18.2 Å². The van der Waals surface area contributed by atoms with Gasteiger partial charge in [-0.3, -0.25) is 9.59 Å². The van der Waals surface area contributed by atoms with Crippen LogP contribution < -0.4 is 20.1 Å². The Morgan fingerprint density at radius 1 is 1.14 bits per heavy atom. The van der Waals surface area contributed by atoms with Gasteiger partial charge >= 0.3 is 0 Å². The highest BCUT2D eigenvalue weighted by Gasteiger charge is 2.14. The molecule has 2 amide bonds. The quantitative estimate of drug-likeness (QED) is 0.750. The number of amides is 2. The first-order valence-electron chi connectivity index (χ1n) is 6.94. The molecular weight excluding hydrogens is 284 g/mol. The molecule has 0 heterocycles. The van der Waals surface area contributed by atoms with E-state index in [2.05, 4.69) is 10.6 Å². The molecule has 0 aliphatic rings. The number of carbonyl (C=O) groups is 2. The third-order valence-corrected chi connectivity index (χ3v) is 2.90. The minimum Gasteiger partial charge on any atom is -0.493 e. The van der Waals surface area contributed by atoms with Gasteiger partial charge in [-0.2, -0.15) is 0 Å². The van der Waals surface area contributed by atoms with Gasteiger partial charge in [-0.15, -0.1) is 0 Å². The summed E-state index contributed by atoms with van der Waals surface area (Å²) >= 11 is 0. The topological polar surface area (TPSA) is 76.7 Å². The monoisotopic (exact) mass is 306 g/mol. The fourth-order valence-electron chi connectivity index (χ4n) is 1.94. The lowest BCUT2D eigenvalue weighted by Gasteiger charge is -2.13. The minimum atomic E-state index is -0.239. The molecule has 1 aromatic carbocycles. The van der Waals surface area contributed by atoms with Crippen molar-refractivity contribution in [1.29, 1.82) is 0 Å². The van der Waals surface area contributed by atoms with Gasteiger partial charge in [0.05, 0.1) is 14.2 Å². The van der Waals surface area contributed by atoms with Crippen LogP contribution in [0.3, 0.4) is 0 Å². The Morgan fingerprint density at radius 3 is 2.36 bits per heavy atom. The summed E-state index contributed by atoms with van der Waals surface area (Å²) in [7, 11) is 3.08. The zero-order valence-electron chi connectivity index (χ0n) is 13.4. The van der Waals surface area contributed by atoms with Crippen molar-refractivity contribution in [2.45, 2.75) is 13.8 Å². The lowest BCUT2D eigenvalue weighted by molar-refractivity contribution is -0.118. The van der Waals surface area contributed by atoms with E-state index < -0.39 is 0 Å². The number of hydrogen-bond donors (Lipinski definition) is 2. The van der Waals surface area contributed by atoms with Crippen LogP contribution in [-0.4, -0.2) is 39.1 Å². The van der Waals surface area contributed by atoms with Crippen molar-refractivity contribution in [3.8, 4) is 11.5 Å². The summed E-state index contributed by atoms with van der Waals surface area (Å²) < 4.78 is 10.6. The average molecular weight is 306 g/mol. The van der Waals surface area contributed by atoms with Gasteiger partial charge in [0.15, 0.2) is 11.5 Å². The SMILES string of the molecule is CC=Cc1cc(C(=O)NCCNC(C)=O)cc(OC)c1OC. The molecular formula is C16H22N2O4. The van der Waals surface area contributed by atoms with Crippen LogP contribution in [0.25, 0.3) is 6.08 Å². The molecule has 0 saturated carbocycles. The van der Waals surface area contributed by atoms with Crippen molar-refractivity contribution in [2.24, 2.45) is 0 Å². The number of benzene rings is 1. The fraction of sp³-hybridized carbons (Fsp3) is 0.375. The smallest absolute Gasteiger partial charge is 0.251 e. The predicted octanol–water partition coefficient (Wildman–Crippen LogP) is 1.60. The van der Waals surface area contributed by atoms with Crippen LogP contribution in [0.4, 0.5) is 0 Å². The number of allylic oxidation sites excluding steroid dienone is 1. The largest absolute Gasteiger partial charge is 0.493 e. The highest BCUT2D eigenvalue weighted by atomic mass is 16.5. The number of rotatable bonds is 7. The number of methoxy groups -OCH3 is 2. The maximum absolute atomic E-state index is 12.2. The Morgan fingerprint density at radius 2 is 1.82 bits per heavy atom. The lowest BCUT2D eigenvalue weighted by atomic mass is 10.1. The number of nitrogens with one attached hydrogen (secondary N) is 2. The normalized spacial score (nSPS) is 10.4. The molecule has 1 rings (SSSR count). The highest BCUT2D eigenvalue weighted by molar-refractivity contribution is 5.96. The van der Waals surface area contributed by atoms with Gasteiger partial charge < -0.3 is 20.1 Å². The van der Waals surface area contributed by atoms with Crippen LogP contribution >= 0.6 is 0 Å². The van der Waals surface area contributed by atoms with Crippen molar-refractivity contribution in [2.75, 3.05) is 27.3 Å². The van der Waals surface area contributed by atoms with Gasteiger partial charge in [0.1, 0.15) is 0 Å². The lowest BCUT2D eigenvalue weighted by Crippen LogP contribution is -2.33. The van der Waals surface area contributed by atoms with Crippen LogP contribution in [0.2, 0.25) is 0 Å². The minimum absolute atomic E-state index is 0.129. The number of hydrogen-bond acceptors (Lipinski definition) is 4. The molecule has 0 saturated heterocycles. The summed E-state index contributed by atoms with van der Waals surface area (Å²) in [6.07, 6.45) is 3.70.